The molecule has 0 amide bonds. The molecule has 0 bridgehead atoms. The lowest BCUT2D eigenvalue weighted by atomic mass is 10.0. The van der Waals surface area contributed by atoms with Gasteiger partial charge in [0.1, 0.15) is 6.26 Å². The van der Waals surface area contributed by atoms with Gasteiger partial charge in [-0.05, 0) is 35.4 Å². The monoisotopic (exact) mass is 322 g/mol. The molecule has 0 aromatic rings. The Morgan fingerprint density at radius 1 is 0.727 bits per heavy atom. The van der Waals surface area contributed by atoms with Crippen LogP contribution in [0.1, 0.15) is 72.1 Å². The van der Waals surface area contributed by atoms with E-state index in [1.165, 1.54) is 44.8 Å². The quantitative estimate of drug-likeness (QED) is 0.163. The van der Waals surface area contributed by atoms with E-state index in [0.29, 0.717) is 6.61 Å². The van der Waals surface area contributed by atoms with E-state index in [4.69, 9.17) is 4.89 Å². The van der Waals surface area contributed by atoms with E-state index in [0.717, 1.165) is 18.8 Å². The van der Waals surface area contributed by atoms with Crippen molar-refractivity contribution in [1.82, 2.24) is 0 Å². The normalized spacial score (nSPS) is 11.6. The fourth-order valence-corrected chi connectivity index (χ4v) is 1.78. The molecule has 7 heteroatoms. The molecule has 0 aromatic heterocycles. The van der Waals surface area contributed by atoms with Gasteiger partial charge in [-0.25, -0.2) is 4.89 Å². The smallest absolute Gasteiger partial charge is 0.128 e. The summed E-state index contributed by atoms with van der Waals surface area (Å²) in [7, 11) is 0. The van der Waals surface area contributed by atoms with Crippen molar-refractivity contribution in [3.63, 3.8) is 0 Å². The standard InChI is InChI=1S/C15H30O7/c1-4-13-16-18-20-22-21-19-17-14-11-9-7-5-6-8-10-12-15(2)3/h4,13,15H,5-12,14H2,1-3H3. The molecule has 0 saturated heterocycles. The lowest BCUT2D eigenvalue weighted by molar-refractivity contribution is -0.786. The molecule has 0 unspecified atom stereocenters. The summed E-state index contributed by atoms with van der Waals surface area (Å²) >= 11 is 0. The molecule has 0 aliphatic heterocycles. The van der Waals surface area contributed by atoms with Gasteiger partial charge in [0, 0.05) is 15.1 Å². The predicted octanol–water partition coefficient (Wildman–Crippen LogP) is 4.90. The van der Waals surface area contributed by atoms with Crippen molar-refractivity contribution < 1.29 is 35.0 Å². The molecule has 0 radical (unpaired) electrons. The minimum Gasteiger partial charge on any atom is -0.314 e. The van der Waals surface area contributed by atoms with Crippen LogP contribution in [0.3, 0.4) is 0 Å². The van der Waals surface area contributed by atoms with Crippen molar-refractivity contribution in [1.29, 1.82) is 0 Å². The number of allylic oxidation sites excluding steroid dienone is 1. The first-order valence-corrected chi connectivity index (χ1v) is 8.00. The Kier molecular flexibility index (Phi) is 17.8. The second-order valence-corrected chi connectivity index (χ2v) is 5.39. The lowest BCUT2D eigenvalue weighted by Crippen LogP contribution is -2.01. The number of unbranched alkanes of at least 4 members (excludes halogenated alkanes) is 6. The zero-order valence-electron chi connectivity index (χ0n) is 14.0. The first kappa shape index (κ1) is 21.3. The fraction of sp³-hybridized carbons (Fsp3) is 0.867. The summed E-state index contributed by atoms with van der Waals surface area (Å²) in [6.45, 7) is 6.71. The van der Waals surface area contributed by atoms with E-state index in [1.807, 2.05) is 0 Å². The van der Waals surface area contributed by atoms with Crippen LogP contribution < -0.4 is 0 Å². The van der Waals surface area contributed by atoms with Gasteiger partial charge in [0.15, 0.2) is 0 Å². The van der Waals surface area contributed by atoms with E-state index in [-0.39, 0.29) is 0 Å². The van der Waals surface area contributed by atoms with Gasteiger partial charge in [0.2, 0.25) is 0 Å². The van der Waals surface area contributed by atoms with Gasteiger partial charge in [-0.1, -0.05) is 58.8 Å². The average Bonchev–Trinajstić information content (AvgIpc) is 2.50. The molecule has 0 rings (SSSR count). The molecule has 0 aliphatic carbocycles. The zero-order valence-corrected chi connectivity index (χ0v) is 14.0. The first-order valence-electron chi connectivity index (χ1n) is 8.00. The maximum absolute atomic E-state index is 4.70. The SMILES string of the molecule is CC=COOOOOOOCCCCCCCCCC(C)C. The zero-order chi connectivity index (χ0) is 16.3. The summed E-state index contributed by atoms with van der Waals surface area (Å²) in [5.41, 5.74) is 0. The van der Waals surface area contributed by atoms with Gasteiger partial charge in [-0.2, -0.15) is 0 Å². The third kappa shape index (κ3) is 19.3. The van der Waals surface area contributed by atoms with Gasteiger partial charge in [0.05, 0.1) is 6.61 Å². The van der Waals surface area contributed by atoms with Crippen molar-refractivity contribution in [3.8, 4) is 0 Å². The molecule has 22 heavy (non-hydrogen) atoms. The molecule has 0 aromatic carbocycles. The predicted molar refractivity (Wildman–Crippen MR) is 79.1 cm³/mol. The summed E-state index contributed by atoms with van der Waals surface area (Å²) in [5, 5.41) is 20.2. The Hall–Kier alpha value is -0.700. The van der Waals surface area contributed by atoms with Gasteiger partial charge < -0.3 is 4.89 Å². The highest BCUT2D eigenvalue weighted by atomic mass is 17.9. The van der Waals surface area contributed by atoms with Gasteiger partial charge in [-0.3, -0.25) is 0 Å². The van der Waals surface area contributed by atoms with E-state index in [9.17, 15) is 0 Å². The molecular formula is C15H30O7. The van der Waals surface area contributed by atoms with Crippen LogP contribution in [0.25, 0.3) is 0 Å². The van der Waals surface area contributed by atoms with Crippen LogP contribution in [0.2, 0.25) is 0 Å². The maximum Gasteiger partial charge on any atom is 0.128 e. The van der Waals surface area contributed by atoms with E-state index >= 15 is 0 Å². The maximum atomic E-state index is 4.70. The van der Waals surface area contributed by atoms with Crippen molar-refractivity contribution in [2.75, 3.05) is 6.61 Å². The topological polar surface area (TPSA) is 64.6 Å². The summed E-state index contributed by atoms with van der Waals surface area (Å²) in [6, 6.07) is 0. The van der Waals surface area contributed by atoms with E-state index in [1.54, 1.807) is 13.0 Å². The molecule has 7 nitrogen and oxygen atoms in total. The van der Waals surface area contributed by atoms with Crippen LogP contribution in [0, 0.1) is 5.92 Å². The lowest BCUT2D eigenvalue weighted by Gasteiger charge is -2.04. The molecule has 0 N–H and O–H groups in total. The second kappa shape index (κ2) is 18.3. The van der Waals surface area contributed by atoms with Crippen LogP contribution >= 0.6 is 0 Å². The highest BCUT2D eigenvalue weighted by Gasteiger charge is 1.96. The third-order valence-electron chi connectivity index (χ3n) is 2.90. The highest BCUT2D eigenvalue weighted by Crippen LogP contribution is 2.11. The molecule has 132 valence electrons. The Morgan fingerprint density at radius 3 is 2.00 bits per heavy atom. The van der Waals surface area contributed by atoms with Crippen molar-refractivity contribution >= 4 is 0 Å². The van der Waals surface area contributed by atoms with Crippen LogP contribution in [-0.4, -0.2) is 6.61 Å². The summed E-state index contributed by atoms with van der Waals surface area (Å²) in [6.07, 6.45) is 12.7. The summed E-state index contributed by atoms with van der Waals surface area (Å²) in [4.78, 5) is 8.99. The Morgan fingerprint density at radius 2 is 1.32 bits per heavy atom. The van der Waals surface area contributed by atoms with Crippen molar-refractivity contribution in [2.45, 2.75) is 72.1 Å². The van der Waals surface area contributed by atoms with E-state index < -0.39 is 0 Å². The number of hydrogen-bond acceptors (Lipinski definition) is 7. The molecule has 0 spiro atoms. The summed E-state index contributed by atoms with van der Waals surface area (Å²) in [5.74, 6) is 0.820. The van der Waals surface area contributed by atoms with Crippen LogP contribution in [0.4, 0.5) is 0 Å². The first-order chi connectivity index (χ1) is 10.8. The molecular weight excluding hydrogens is 292 g/mol. The number of rotatable bonds is 17. The Bertz CT molecular complexity index is 234. The van der Waals surface area contributed by atoms with E-state index in [2.05, 4.69) is 43.9 Å². The minimum absolute atomic E-state index is 0.423. The molecule has 0 aliphatic rings. The molecule has 0 atom stereocenters. The molecule has 0 fully saturated rings. The highest BCUT2D eigenvalue weighted by molar-refractivity contribution is 4.62. The largest absolute Gasteiger partial charge is 0.314 e. The third-order valence-corrected chi connectivity index (χ3v) is 2.90. The van der Waals surface area contributed by atoms with Crippen LogP contribution in [-0.2, 0) is 35.0 Å². The van der Waals surface area contributed by atoms with Gasteiger partial charge >= 0.3 is 0 Å². The van der Waals surface area contributed by atoms with Gasteiger partial charge in [-0.15, -0.1) is 0 Å². The fourth-order valence-electron chi connectivity index (χ4n) is 1.78. The molecule has 0 saturated carbocycles. The van der Waals surface area contributed by atoms with Crippen LogP contribution in [0.15, 0.2) is 12.3 Å². The van der Waals surface area contributed by atoms with Crippen molar-refractivity contribution in [2.24, 2.45) is 5.92 Å². The summed E-state index contributed by atoms with van der Waals surface area (Å²) < 4.78 is 0. The van der Waals surface area contributed by atoms with Crippen molar-refractivity contribution in [3.05, 3.63) is 12.3 Å². The van der Waals surface area contributed by atoms with Crippen LogP contribution in [0.5, 0.6) is 0 Å². The van der Waals surface area contributed by atoms with Gasteiger partial charge in [0.25, 0.3) is 0 Å². The number of hydrogen-bond donors (Lipinski definition) is 0. The minimum atomic E-state index is 0.423. The second-order valence-electron chi connectivity index (χ2n) is 5.39. The molecule has 0 heterocycles. The Labute approximate surface area is 133 Å². The Balaban J connectivity index is 2.97. The average molecular weight is 322 g/mol.